The number of rotatable bonds is 14. The summed E-state index contributed by atoms with van der Waals surface area (Å²) < 4.78 is 0. The van der Waals surface area contributed by atoms with E-state index in [4.69, 9.17) is 0 Å². The Bertz CT molecular complexity index is 215. The molecule has 2 nitrogen and oxygen atoms in total. The zero-order valence-electron chi connectivity index (χ0n) is 15.7. The van der Waals surface area contributed by atoms with Gasteiger partial charge < -0.3 is 9.90 Å². The molecule has 0 unspecified atom stereocenters. The predicted octanol–water partition coefficient (Wildman–Crippen LogP) is 5.31. The van der Waals surface area contributed by atoms with Crippen LogP contribution in [-0.4, -0.2) is 24.5 Å². The highest BCUT2D eigenvalue weighted by Crippen LogP contribution is 2.35. The molecule has 0 radical (unpaired) electrons. The Hall–Kier alpha value is -0.100. The maximum Gasteiger partial charge on any atom is 0.0571 e. The molecule has 0 rings (SSSR count). The van der Waals surface area contributed by atoms with Gasteiger partial charge in [-0.25, -0.2) is 0 Å². The van der Waals surface area contributed by atoms with Crippen molar-refractivity contribution >= 4 is 13.9 Å². The van der Waals surface area contributed by atoms with Crippen LogP contribution < -0.4 is 5.11 Å². The van der Waals surface area contributed by atoms with Crippen LogP contribution in [0.1, 0.15) is 98.3 Å². The second-order valence-electron chi connectivity index (χ2n) is 6.11. The molecule has 0 fully saturated rings. The summed E-state index contributed by atoms with van der Waals surface area (Å²) in [5, 5.41) is 9.26. The molecule has 0 aliphatic heterocycles. The number of carbonyl (C=O) groups is 1. The fourth-order valence-electron chi connectivity index (χ4n) is 2.47. The number of carboxylic acid groups (broad SMARTS) is 1. The molecule has 0 amide bonds. The van der Waals surface area contributed by atoms with E-state index in [-0.39, 0.29) is 14.3 Å². The van der Waals surface area contributed by atoms with E-state index in [1.165, 1.54) is 83.5 Å². The molecule has 0 aromatic carbocycles. The van der Waals surface area contributed by atoms with E-state index in [1.807, 2.05) is 0 Å². The van der Waals surface area contributed by atoms with Crippen molar-refractivity contribution in [1.82, 2.24) is 0 Å². The van der Waals surface area contributed by atoms with E-state index in [0.29, 0.717) is 0 Å². The number of aliphatic carboxylic acids is 1. The second-order valence-corrected chi connectivity index (χ2v) is 9.53. The lowest BCUT2D eigenvalue weighted by atomic mass is 10.1. The minimum atomic E-state index is -0.995. The van der Waals surface area contributed by atoms with Gasteiger partial charge in [-0.2, -0.15) is 0 Å². The van der Waals surface area contributed by atoms with E-state index in [9.17, 15) is 9.90 Å². The highest BCUT2D eigenvalue weighted by molar-refractivity contribution is 7.57. The molecule has 22 heavy (non-hydrogen) atoms. The Morgan fingerprint density at radius 3 is 1.41 bits per heavy atom. The van der Waals surface area contributed by atoms with E-state index in [0.717, 1.165) is 0 Å². The molecule has 3 heteroatoms. The first-order valence-corrected chi connectivity index (χ1v) is 11.8. The Kier molecular flexibility index (Phi) is 22.9. The summed E-state index contributed by atoms with van der Waals surface area (Å²) in [6.45, 7) is 8.60. The smallest absolute Gasteiger partial charge is 0.0571 e. The van der Waals surface area contributed by atoms with Gasteiger partial charge >= 0.3 is 0 Å². The molecule has 0 heterocycles. The van der Waals surface area contributed by atoms with Crippen LogP contribution in [0.4, 0.5) is 0 Å². The van der Waals surface area contributed by atoms with Crippen molar-refractivity contribution in [2.75, 3.05) is 18.5 Å². The van der Waals surface area contributed by atoms with Crippen LogP contribution in [0, 0.1) is 0 Å². The molecular formula is C19H41O2P. The first-order chi connectivity index (χ1) is 10.6. The lowest BCUT2D eigenvalue weighted by Crippen LogP contribution is -2.19. The van der Waals surface area contributed by atoms with Crippen molar-refractivity contribution < 1.29 is 9.90 Å². The van der Waals surface area contributed by atoms with Gasteiger partial charge in [-0.3, -0.25) is 0 Å². The first kappa shape index (κ1) is 24.2. The zero-order chi connectivity index (χ0) is 17.1. The largest absolute Gasteiger partial charge is 0.550 e. The molecule has 0 saturated carbocycles. The van der Waals surface area contributed by atoms with Gasteiger partial charge in [0.25, 0.3) is 0 Å². The van der Waals surface area contributed by atoms with E-state index in [1.54, 1.807) is 6.16 Å². The number of carboxylic acids is 1. The normalized spacial score (nSPS) is 10.4. The summed E-state index contributed by atoms with van der Waals surface area (Å²) in [6.07, 6.45) is 19.4. The van der Waals surface area contributed by atoms with Crippen LogP contribution in [0.25, 0.3) is 0 Å². The van der Waals surface area contributed by atoms with Gasteiger partial charge in [0.15, 0.2) is 0 Å². The van der Waals surface area contributed by atoms with Gasteiger partial charge in [-0.1, -0.05) is 65.2 Å². The minimum absolute atomic E-state index is 0.0695. The summed E-state index contributed by atoms with van der Waals surface area (Å²) >= 11 is 0. The topological polar surface area (TPSA) is 40.1 Å². The van der Waals surface area contributed by atoms with Gasteiger partial charge in [0, 0.05) is 13.9 Å². The third-order valence-corrected chi connectivity index (χ3v) is 7.23. The Morgan fingerprint density at radius 1 is 0.727 bits per heavy atom. The van der Waals surface area contributed by atoms with Crippen LogP contribution in [-0.2, 0) is 4.79 Å². The molecule has 0 bridgehead atoms. The molecule has 0 aromatic rings. The maximum atomic E-state index is 9.26. The van der Waals surface area contributed by atoms with E-state index in [2.05, 4.69) is 20.8 Å². The average Bonchev–Trinajstić information content (AvgIpc) is 2.53. The Morgan fingerprint density at radius 2 is 1.09 bits per heavy atom. The summed E-state index contributed by atoms with van der Waals surface area (Å²) in [6, 6.07) is 0. The summed E-state index contributed by atoms with van der Waals surface area (Å²) in [4.78, 5) is 9.26. The molecular weight excluding hydrogens is 291 g/mol. The summed E-state index contributed by atoms with van der Waals surface area (Å²) in [7, 11) is 0.0695. The molecule has 134 valence electrons. The van der Waals surface area contributed by atoms with Crippen molar-refractivity contribution in [3.8, 4) is 0 Å². The van der Waals surface area contributed by atoms with Gasteiger partial charge in [-0.05, 0) is 33.1 Å². The molecule has 0 aromatic heterocycles. The first-order valence-electron chi connectivity index (χ1n) is 9.65. The van der Waals surface area contributed by atoms with Gasteiger partial charge in [0.1, 0.15) is 0 Å². The minimum Gasteiger partial charge on any atom is -0.550 e. The fraction of sp³-hybridized carbons (Fsp3) is 0.947. The van der Waals surface area contributed by atoms with Crippen molar-refractivity contribution in [2.24, 2.45) is 0 Å². The van der Waals surface area contributed by atoms with Crippen molar-refractivity contribution in [3.05, 3.63) is 0 Å². The SMILES string of the molecule is CCC(=O)[O-].CCCCCCCCCCCC[PH+](CC)CC. The third kappa shape index (κ3) is 22.2. The van der Waals surface area contributed by atoms with Crippen LogP contribution in [0.5, 0.6) is 0 Å². The second kappa shape index (κ2) is 20.9. The molecule has 0 spiro atoms. The predicted molar refractivity (Wildman–Crippen MR) is 101 cm³/mol. The Labute approximate surface area is 141 Å². The lowest BCUT2D eigenvalue weighted by Gasteiger charge is -2.05. The fourth-order valence-corrected chi connectivity index (χ4v) is 4.42. The third-order valence-electron chi connectivity index (χ3n) is 4.17. The zero-order valence-corrected chi connectivity index (χ0v) is 16.7. The van der Waals surface area contributed by atoms with Crippen LogP contribution in [0.15, 0.2) is 0 Å². The standard InChI is InChI=1S/C16H35P.C3H6O2/c1-4-7-8-9-10-11-12-13-14-15-16-17(5-2)6-3;1-2-3(4)5/h4-16H2,1-3H3;2H2,1H3,(H,4,5). The molecule has 0 atom stereocenters. The number of unbranched alkanes of at least 4 members (excludes halogenated alkanes) is 9. The number of hydrogen-bond acceptors (Lipinski definition) is 2. The highest BCUT2D eigenvalue weighted by Gasteiger charge is 2.08. The van der Waals surface area contributed by atoms with Crippen LogP contribution >= 0.6 is 7.92 Å². The number of carbonyl (C=O) groups excluding carboxylic acids is 1. The lowest BCUT2D eigenvalue weighted by molar-refractivity contribution is -0.305. The number of hydrogen-bond donors (Lipinski definition) is 0. The quantitative estimate of drug-likeness (QED) is 0.319. The maximum absolute atomic E-state index is 9.26. The summed E-state index contributed by atoms with van der Waals surface area (Å²) in [5.41, 5.74) is 0. The van der Waals surface area contributed by atoms with Crippen molar-refractivity contribution in [3.63, 3.8) is 0 Å². The van der Waals surface area contributed by atoms with Crippen molar-refractivity contribution in [1.29, 1.82) is 0 Å². The van der Waals surface area contributed by atoms with Gasteiger partial charge in [0.05, 0.1) is 18.5 Å². The van der Waals surface area contributed by atoms with Crippen molar-refractivity contribution in [2.45, 2.75) is 98.3 Å². The molecule has 0 saturated heterocycles. The molecule has 0 aliphatic rings. The van der Waals surface area contributed by atoms with Gasteiger partial charge in [0.2, 0.25) is 0 Å². The molecule has 0 aliphatic carbocycles. The van der Waals surface area contributed by atoms with Gasteiger partial charge in [-0.15, -0.1) is 0 Å². The molecule has 0 N–H and O–H groups in total. The van der Waals surface area contributed by atoms with E-state index >= 15 is 0 Å². The van der Waals surface area contributed by atoms with Crippen LogP contribution in [0.2, 0.25) is 0 Å². The average molecular weight is 333 g/mol. The summed E-state index contributed by atoms with van der Waals surface area (Å²) in [5.74, 6) is -0.995. The van der Waals surface area contributed by atoms with E-state index < -0.39 is 5.97 Å². The van der Waals surface area contributed by atoms with Crippen LogP contribution in [0.3, 0.4) is 0 Å². The highest BCUT2D eigenvalue weighted by atomic mass is 31.1. The monoisotopic (exact) mass is 332 g/mol. The Balaban J connectivity index is 0.